The number of halogens is 4. The highest BCUT2D eigenvalue weighted by Gasteiger charge is 2.30. The second kappa shape index (κ2) is 5.40. The number of anilines is 1. The topological polar surface area (TPSA) is 35.2 Å². The quantitative estimate of drug-likeness (QED) is 0.683. The van der Waals surface area contributed by atoms with Crippen LogP contribution >= 0.6 is 0 Å². The first-order valence-electron chi connectivity index (χ1n) is 5.70. The fourth-order valence-corrected chi connectivity index (χ4v) is 1.61. The molecule has 2 aromatic carbocycles. The molecule has 0 spiro atoms. The van der Waals surface area contributed by atoms with Crippen LogP contribution in [0, 0.1) is 5.82 Å². The summed E-state index contributed by atoms with van der Waals surface area (Å²) in [6.07, 6.45) is -4.42. The molecular weight excluding hydrogens is 274 g/mol. The Morgan fingerprint density at radius 2 is 1.80 bits per heavy atom. The Morgan fingerprint density at radius 3 is 2.45 bits per heavy atom. The summed E-state index contributed by atoms with van der Waals surface area (Å²) in [5, 5.41) is 0. The summed E-state index contributed by atoms with van der Waals surface area (Å²) >= 11 is 0. The number of ether oxygens (including phenoxy) is 1. The monoisotopic (exact) mass is 285 g/mol. The number of hydrogen-bond acceptors (Lipinski definition) is 2. The van der Waals surface area contributed by atoms with Gasteiger partial charge in [-0.15, -0.1) is 0 Å². The van der Waals surface area contributed by atoms with Crippen LogP contribution in [0.5, 0.6) is 5.75 Å². The minimum atomic E-state index is -4.42. The summed E-state index contributed by atoms with van der Waals surface area (Å²) in [6.45, 7) is 0.00574. The molecule has 2 nitrogen and oxygen atoms in total. The van der Waals surface area contributed by atoms with E-state index in [0.29, 0.717) is 5.56 Å². The molecule has 0 saturated heterocycles. The lowest BCUT2D eigenvalue weighted by Gasteiger charge is -2.10. The smallest absolute Gasteiger partial charge is 0.416 e. The second-order valence-electron chi connectivity index (χ2n) is 4.17. The number of rotatable bonds is 3. The van der Waals surface area contributed by atoms with Gasteiger partial charge >= 0.3 is 6.18 Å². The van der Waals surface area contributed by atoms with E-state index >= 15 is 0 Å². The number of benzene rings is 2. The third kappa shape index (κ3) is 3.40. The largest absolute Gasteiger partial charge is 0.489 e. The van der Waals surface area contributed by atoms with Crippen molar-refractivity contribution in [3.8, 4) is 5.75 Å². The first-order chi connectivity index (χ1) is 9.36. The molecule has 106 valence electrons. The van der Waals surface area contributed by atoms with E-state index in [2.05, 4.69) is 0 Å². The molecular formula is C14H11F4NO. The highest BCUT2D eigenvalue weighted by Crippen LogP contribution is 2.31. The Hall–Kier alpha value is -2.24. The van der Waals surface area contributed by atoms with Crippen LogP contribution in [0.2, 0.25) is 0 Å². The molecule has 0 aliphatic heterocycles. The molecule has 2 N–H and O–H groups in total. The first kappa shape index (κ1) is 14.2. The molecule has 0 bridgehead atoms. The fraction of sp³-hybridized carbons (Fsp3) is 0.143. The van der Waals surface area contributed by atoms with E-state index in [1.54, 1.807) is 0 Å². The Bertz CT molecular complexity index is 610. The maximum Gasteiger partial charge on any atom is 0.416 e. The normalized spacial score (nSPS) is 11.4. The van der Waals surface area contributed by atoms with E-state index < -0.39 is 17.6 Å². The van der Waals surface area contributed by atoms with E-state index in [1.807, 2.05) is 0 Å². The van der Waals surface area contributed by atoms with Gasteiger partial charge in [0, 0.05) is 0 Å². The van der Waals surface area contributed by atoms with Crippen molar-refractivity contribution in [1.29, 1.82) is 0 Å². The maximum absolute atomic E-state index is 13.0. The average molecular weight is 285 g/mol. The van der Waals surface area contributed by atoms with Gasteiger partial charge in [0.2, 0.25) is 0 Å². The van der Waals surface area contributed by atoms with E-state index in [-0.39, 0.29) is 18.0 Å². The lowest BCUT2D eigenvalue weighted by atomic mass is 10.2. The van der Waals surface area contributed by atoms with E-state index in [4.69, 9.17) is 10.5 Å². The van der Waals surface area contributed by atoms with Crippen LogP contribution in [0.4, 0.5) is 23.2 Å². The van der Waals surface area contributed by atoms with Gasteiger partial charge < -0.3 is 10.5 Å². The molecule has 0 aromatic heterocycles. The van der Waals surface area contributed by atoms with E-state index in [0.717, 1.165) is 12.1 Å². The molecule has 0 unspecified atom stereocenters. The average Bonchev–Trinajstić information content (AvgIpc) is 2.39. The van der Waals surface area contributed by atoms with Gasteiger partial charge in [0.1, 0.15) is 18.2 Å². The van der Waals surface area contributed by atoms with Crippen LogP contribution in [0.3, 0.4) is 0 Å². The zero-order chi connectivity index (χ0) is 14.8. The van der Waals surface area contributed by atoms with Gasteiger partial charge in [0.25, 0.3) is 0 Å². The maximum atomic E-state index is 13.0. The summed E-state index contributed by atoms with van der Waals surface area (Å²) in [5.74, 6) is -0.462. The molecule has 0 aliphatic rings. The third-order valence-electron chi connectivity index (χ3n) is 2.63. The van der Waals surface area contributed by atoms with Gasteiger partial charge in [-0.1, -0.05) is 12.1 Å². The van der Waals surface area contributed by atoms with Crippen LogP contribution in [-0.4, -0.2) is 0 Å². The third-order valence-corrected chi connectivity index (χ3v) is 2.63. The Morgan fingerprint density at radius 1 is 1.05 bits per heavy atom. The SMILES string of the molecule is Nc1cc(COc2cccc(C(F)(F)F)c2)ccc1F. The highest BCUT2D eigenvalue weighted by molar-refractivity contribution is 5.42. The van der Waals surface area contributed by atoms with Gasteiger partial charge in [-0.3, -0.25) is 0 Å². The van der Waals surface area contributed by atoms with Crippen LogP contribution in [0.1, 0.15) is 11.1 Å². The fourth-order valence-electron chi connectivity index (χ4n) is 1.61. The molecule has 0 atom stereocenters. The standard InChI is InChI=1S/C14H11F4NO/c15-12-5-4-9(6-13(12)19)8-20-11-3-1-2-10(7-11)14(16,17)18/h1-7H,8,19H2. The van der Waals surface area contributed by atoms with Gasteiger partial charge in [-0.05, 0) is 35.9 Å². The number of nitrogens with two attached hydrogens (primary N) is 1. The molecule has 0 heterocycles. The van der Waals surface area contributed by atoms with Crippen molar-refractivity contribution in [3.05, 3.63) is 59.4 Å². The summed E-state index contributed by atoms with van der Waals surface area (Å²) < 4.78 is 55.7. The minimum Gasteiger partial charge on any atom is -0.489 e. The Labute approximate surface area is 112 Å². The zero-order valence-corrected chi connectivity index (χ0v) is 10.2. The summed E-state index contributed by atoms with van der Waals surface area (Å²) in [4.78, 5) is 0. The van der Waals surface area contributed by atoms with Crippen molar-refractivity contribution >= 4 is 5.69 Å². The second-order valence-corrected chi connectivity index (χ2v) is 4.17. The van der Waals surface area contributed by atoms with Crippen molar-refractivity contribution in [2.45, 2.75) is 12.8 Å². The molecule has 0 radical (unpaired) electrons. The van der Waals surface area contributed by atoms with Crippen LogP contribution < -0.4 is 10.5 Å². The first-order valence-corrected chi connectivity index (χ1v) is 5.70. The van der Waals surface area contributed by atoms with Crippen LogP contribution in [0.15, 0.2) is 42.5 Å². The van der Waals surface area contributed by atoms with Crippen molar-refractivity contribution < 1.29 is 22.3 Å². The Balaban J connectivity index is 2.09. The van der Waals surface area contributed by atoms with Crippen molar-refractivity contribution in [1.82, 2.24) is 0 Å². The lowest BCUT2D eigenvalue weighted by Crippen LogP contribution is -2.05. The molecule has 20 heavy (non-hydrogen) atoms. The van der Waals surface area contributed by atoms with Crippen molar-refractivity contribution in [3.63, 3.8) is 0 Å². The molecule has 0 fully saturated rings. The number of hydrogen-bond donors (Lipinski definition) is 1. The highest BCUT2D eigenvalue weighted by atomic mass is 19.4. The summed E-state index contributed by atoms with van der Waals surface area (Å²) in [5.41, 5.74) is 5.15. The number of nitrogen functional groups attached to an aromatic ring is 1. The van der Waals surface area contributed by atoms with E-state index in [9.17, 15) is 17.6 Å². The Kier molecular flexibility index (Phi) is 3.83. The molecule has 2 rings (SSSR count). The van der Waals surface area contributed by atoms with Crippen molar-refractivity contribution in [2.75, 3.05) is 5.73 Å². The summed E-state index contributed by atoms with van der Waals surface area (Å²) in [6, 6.07) is 8.57. The van der Waals surface area contributed by atoms with E-state index in [1.165, 1.54) is 30.3 Å². The molecule has 0 aliphatic carbocycles. The van der Waals surface area contributed by atoms with Crippen molar-refractivity contribution in [2.24, 2.45) is 0 Å². The predicted molar refractivity (Wildman–Crippen MR) is 66.6 cm³/mol. The molecule has 6 heteroatoms. The number of alkyl halides is 3. The van der Waals surface area contributed by atoms with Gasteiger partial charge in [0.05, 0.1) is 11.3 Å². The zero-order valence-electron chi connectivity index (χ0n) is 10.2. The summed E-state index contributed by atoms with van der Waals surface area (Å²) in [7, 11) is 0. The molecule has 2 aromatic rings. The van der Waals surface area contributed by atoms with Gasteiger partial charge in [-0.2, -0.15) is 13.2 Å². The minimum absolute atomic E-state index is 0.00574. The van der Waals surface area contributed by atoms with Gasteiger partial charge in [-0.25, -0.2) is 4.39 Å². The molecule has 0 saturated carbocycles. The van der Waals surface area contributed by atoms with Crippen LogP contribution in [0.25, 0.3) is 0 Å². The molecule has 0 amide bonds. The lowest BCUT2D eigenvalue weighted by molar-refractivity contribution is -0.137. The predicted octanol–water partition coefficient (Wildman–Crippen LogP) is 4.01. The van der Waals surface area contributed by atoms with Gasteiger partial charge in [0.15, 0.2) is 0 Å². The van der Waals surface area contributed by atoms with Crippen LogP contribution in [-0.2, 0) is 12.8 Å².